The molecule has 1 aromatic carbocycles. The number of methoxy groups -OCH3 is 1. The number of halogens is 2. The number of ether oxygens (including phenoxy) is 1. The Bertz CT molecular complexity index is 572. The van der Waals surface area contributed by atoms with E-state index in [0.29, 0.717) is 21.5 Å². The van der Waals surface area contributed by atoms with Crippen LogP contribution in [0.3, 0.4) is 0 Å². The average Bonchev–Trinajstić information content (AvgIpc) is 2.90. The highest BCUT2D eigenvalue weighted by molar-refractivity contribution is 8.00. The van der Waals surface area contributed by atoms with Crippen molar-refractivity contribution in [2.24, 2.45) is 17.0 Å². The molecule has 22 heavy (non-hydrogen) atoms. The van der Waals surface area contributed by atoms with E-state index in [2.05, 4.69) is 5.16 Å². The highest BCUT2D eigenvalue weighted by Gasteiger charge is 2.42. The summed E-state index contributed by atoms with van der Waals surface area (Å²) in [6.07, 6.45) is -0.301. The van der Waals surface area contributed by atoms with Crippen LogP contribution >= 0.6 is 35.0 Å². The summed E-state index contributed by atoms with van der Waals surface area (Å²) >= 11 is 13.7. The molecule has 0 amide bonds. The molecule has 4 nitrogen and oxygen atoms in total. The van der Waals surface area contributed by atoms with Crippen molar-refractivity contribution in [2.75, 3.05) is 12.9 Å². The van der Waals surface area contributed by atoms with Gasteiger partial charge in [-0.2, -0.15) is 0 Å². The molecule has 7 heteroatoms. The van der Waals surface area contributed by atoms with Crippen LogP contribution in [0.25, 0.3) is 0 Å². The predicted octanol–water partition coefficient (Wildman–Crippen LogP) is 4.29. The molecule has 2 rings (SSSR count). The molecule has 1 aromatic rings. The monoisotopic (exact) mass is 361 g/mol. The van der Waals surface area contributed by atoms with Crippen LogP contribution in [-0.4, -0.2) is 30.6 Å². The molecule has 0 saturated heterocycles. The quantitative estimate of drug-likeness (QED) is 0.579. The Labute approximate surface area is 144 Å². The third kappa shape index (κ3) is 3.70. The van der Waals surface area contributed by atoms with E-state index in [1.807, 2.05) is 13.8 Å². The van der Waals surface area contributed by atoms with Crippen molar-refractivity contribution in [3.63, 3.8) is 0 Å². The van der Waals surface area contributed by atoms with E-state index < -0.39 is 5.92 Å². The fourth-order valence-electron chi connectivity index (χ4n) is 2.22. The second kappa shape index (κ2) is 7.57. The summed E-state index contributed by atoms with van der Waals surface area (Å²) in [6, 6.07) is 5.34. The summed E-state index contributed by atoms with van der Waals surface area (Å²) in [5, 5.41) is 5.22. The molecule has 0 saturated carbocycles. The topological polar surface area (TPSA) is 47.9 Å². The van der Waals surface area contributed by atoms with Crippen molar-refractivity contribution in [2.45, 2.75) is 24.8 Å². The van der Waals surface area contributed by atoms with Crippen LogP contribution in [-0.2, 0) is 14.4 Å². The number of nitrogens with zero attached hydrogens (tertiary/aromatic N) is 1. The molecule has 0 spiro atoms. The summed E-state index contributed by atoms with van der Waals surface area (Å²) in [5.41, 5.74) is 0.645. The van der Waals surface area contributed by atoms with Gasteiger partial charge in [-0.15, -0.1) is 11.8 Å². The fourth-order valence-corrected chi connectivity index (χ4v) is 3.88. The number of oxime groups is 1. The lowest BCUT2D eigenvalue weighted by Crippen LogP contribution is -2.36. The van der Waals surface area contributed by atoms with Crippen molar-refractivity contribution in [3.8, 4) is 0 Å². The molecule has 1 heterocycles. The number of hydrogen-bond donors (Lipinski definition) is 0. The minimum atomic E-state index is -0.487. The molecule has 0 aromatic heterocycles. The van der Waals surface area contributed by atoms with Gasteiger partial charge >= 0.3 is 5.97 Å². The first-order valence-electron chi connectivity index (χ1n) is 6.83. The average molecular weight is 362 g/mol. The smallest absolute Gasteiger partial charge is 0.318 e. The normalized spacial score (nSPS) is 20.7. The van der Waals surface area contributed by atoms with Crippen LogP contribution in [0.5, 0.6) is 0 Å². The lowest BCUT2D eigenvalue weighted by atomic mass is 9.91. The molecule has 0 aliphatic carbocycles. The minimum Gasteiger partial charge on any atom is -0.468 e. The van der Waals surface area contributed by atoms with Crippen molar-refractivity contribution < 1.29 is 14.4 Å². The molecule has 2 atom stereocenters. The maximum atomic E-state index is 12.0. The Morgan fingerprint density at radius 3 is 2.59 bits per heavy atom. The van der Waals surface area contributed by atoms with Crippen LogP contribution in [0.1, 0.15) is 13.8 Å². The number of hydrogen-bond acceptors (Lipinski definition) is 5. The first-order chi connectivity index (χ1) is 10.5. The van der Waals surface area contributed by atoms with Crippen molar-refractivity contribution in [1.82, 2.24) is 0 Å². The van der Waals surface area contributed by atoms with Crippen LogP contribution in [0.2, 0.25) is 10.0 Å². The maximum absolute atomic E-state index is 12.0. The summed E-state index contributed by atoms with van der Waals surface area (Å²) in [5.74, 6) is -0.203. The number of rotatable bonds is 5. The van der Waals surface area contributed by atoms with Gasteiger partial charge in [0.15, 0.2) is 0 Å². The molecular weight excluding hydrogens is 345 g/mol. The lowest BCUT2D eigenvalue weighted by Gasteiger charge is -2.19. The van der Waals surface area contributed by atoms with Gasteiger partial charge in [-0.1, -0.05) is 48.3 Å². The number of esters is 1. The van der Waals surface area contributed by atoms with E-state index in [1.54, 1.807) is 18.2 Å². The molecule has 1 aliphatic heterocycles. The van der Waals surface area contributed by atoms with Gasteiger partial charge in [-0.3, -0.25) is 4.79 Å². The van der Waals surface area contributed by atoms with E-state index in [4.69, 9.17) is 32.8 Å². The zero-order valence-electron chi connectivity index (χ0n) is 12.5. The summed E-state index contributed by atoms with van der Waals surface area (Å²) in [7, 11) is 1.37. The standard InChI is InChI=1S/C15H17Cl2NO3S/c1-8(2)13-12(15(19)20-3)11(18-21-13)7-22-14-9(16)5-4-6-10(14)17/h4-6,8,12-13H,7H2,1-3H3. The first-order valence-corrected chi connectivity index (χ1v) is 8.57. The van der Waals surface area contributed by atoms with Crippen LogP contribution in [0.4, 0.5) is 0 Å². The number of carbonyl (C=O) groups excluding carboxylic acids is 1. The van der Waals surface area contributed by atoms with E-state index in [1.165, 1.54) is 18.9 Å². The summed E-state index contributed by atoms with van der Waals surface area (Å²) in [4.78, 5) is 18.2. The first kappa shape index (κ1) is 17.4. The third-order valence-corrected chi connectivity index (χ3v) is 5.40. The third-order valence-electron chi connectivity index (χ3n) is 3.37. The van der Waals surface area contributed by atoms with Gasteiger partial charge in [0, 0.05) is 10.6 Å². The molecule has 0 radical (unpaired) electrons. The minimum absolute atomic E-state index is 0.152. The van der Waals surface area contributed by atoms with Gasteiger partial charge in [0.1, 0.15) is 12.0 Å². The second-order valence-electron chi connectivity index (χ2n) is 5.24. The van der Waals surface area contributed by atoms with Crippen molar-refractivity contribution in [3.05, 3.63) is 28.2 Å². The maximum Gasteiger partial charge on any atom is 0.318 e. The van der Waals surface area contributed by atoms with E-state index in [0.717, 1.165) is 4.90 Å². The molecule has 120 valence electrons. The van der Waals surface area contributed by atoms with E-state index in [-0.39, 0.29) is 18.0 Å². The van der Waals surface area contributed by atoms with Gasteiger partial charge in [0.2, 0.25) is 0 Å². The molecule has 0 fully saturated rings. The van der Waals surface area contributed by atoms with Crippen LogP contribution in [0, 0.1) is 11.8 Å². The van der Waals surface area contributed by atoms with Gasteiger partial charge in [-0.05, 0) is 18.1 Å². The zero-order valence-corrected chi connectivity index (χ0v) is 14.8. The van der Waals surface area contributed by atoms with E-state index in [9.17, 15) is 4.79 Å². The Kier molecular flexibility index (Phi) is 6.01. The Morgan fingerprint density at radius 1 is 1.41 bits per heavy atom. The van der Waals surface area contributed by atoms with Crippen molar-refractivity contribution in [1.29, 1.82) is 0 Å². The molecular formula is C15H17Cl2NO3S. The lowest BCUT2D eigenvalue weighted by molar-refractivity contribution is -0.147. The summed E-state index contributed by atoms with van der Waals surface area (Å²) in [6.45, 7) is 3.97. The number of thioether (sulfide) groups is 1. The fraction of sp³-hybridized carbons (Fsp3) is 0.467. The van der Waals surface area contributed by atoms with Gasteiger partial charge in [0.25, 0.3) is 0 Å². The zero-order chi connectivity index (χ0) is 16.3. The molecule has 1 aliphatic rings. The highest BCUT2D eigenvalue weighted by atomic mass is 35.5. The SMILES string of the molecule is COC(=O)C1C(CSc2c(Cl)cccc2Cl)=NOC1C(C)C. The second-order valence-corrected chi connectivity index (χ2v) is 7.04. The molecule has 0 N–H and O–H groups in total. The Hall–Kier alpha value is -0.910. The largest absolute Gasteiger partial charge is 0.468 e. The van der Waals surface area contributed by atoms with Crippen molar-refractivity contribution >= 4 is 46.6 Å². The van der Waals surface area contributed by atoms with Crippen LogP contribution in [0.15, 0.2) is 28.3 Å². The van der Waals surface area contributed by atoms with Gasteiger partial charge in [-0.25, -0.2) is 0 Å². The molecule has 2 unspecified atom stereocenters. The van der Waals surface area contributed by atoms with Gasteiger partial charge in [0.05, 0.1) is 22.9 Å². The predicted molar refractivity (Wildman–Crippen MR) is 89.8 cm³/mol. The Morgan fingerprint density at radius 2 is 2.05 bits per heavy atom. The highest BCUT2D eigenvalue weighted by Crippen LogP contribution is 2.36. The van der Waals surface area contributed by atoms with Crippen LogP contribution < -0.4 is 0 Å². The Balaban J connectivity index is 2.13. The summed E-state index contributed by atoms with van der Waals surface area (Å²) < 4.78 is 4.88. The molecule has 0 bridgehead atoms. The van der Waals surface area contributed by atoms with Gasteiger partial charge < -0.3 is 9.57 Å². The van der Waals surface area contributed by atoms with E-state index >= 15 is 0 Å². The number of benzene rings is 1. The number of carbonyl (C=O) groups is 1.